The molecule has 0 nitrogen and oxygen atoms in total. The van der Waals surface area contributed by atoms with E-state index in [2.05, 4.69) is 48.5 Å². The molecule has 0 bridgehead atoms. The van der Waals surface area contributed by atoms with Crippen molar-refractivity contribution < 1.29 is 0 Å². The fourth-order valence-electron chi connectivity index (χ4n) is 2.04. The van der Waals surface area contributed by atoms with Crippen molar-refractivity contribution in [1.82, 2.24) is 0 Å². The van der Waals surface area contributed by atoms with E-state index in [1.54, 1.807) is 0 Å². The van der Waals surface area contributed by atoms with Crippen LogP contribution in [0.25, 0.3) is 0 Å². The molecule has 4 heteroatoms. The quantitative estimate of drug-likeness (QED) is 0.501. The monoisotopic (exact) mass is 322 g/mol. The van der Waals surface area contributed by atoms with Gasteiger partial charge in [0.1, 0.15) is 0 Å². The topological polar surface area (TPSA) is 0 Å². The molecule has 0 aliphatic carbocycles. The van der Waals surface area contributed by atoms with Crippen molar-refractivity contribution in [3.63, 3.8) is 0 Å². The first-order valence-electron chi connectivity index (χ1n) is 7.53. The molecular weight excluding hydrogens is 302 g/mol. The summed E-state index contributed by atoms with van der Waals surface area (Å²) in [6.07, 6.45) is 1.24. The van der Waals surface area contributed by atoms with Gasteiger partial charge in [0.25, 0.3) is 0 Å². The van der Waals surface area contributed by atoms with Gasteiger partial charge in [0.05, 0.1) is 15.7 Å². The molecule has 0 aliphatic rings. The normalized spacial score (nSPS) is 10.7. The van der Waals surface area contributed by atoms with Gasteiger partial charge in [0.15, 0.2) is 0 Å². The maximum absolute atomic E-state index is 5.60. The molecule has 0 saturated carbocycles. The van der Waals surface area contributed by atoms with Crippen LogP contribution in [-0.2, 0) is 24.1 Å². The Bertz CT molecular complexity index is 487. The Hall–Kier alpha value is -0.730. The van der Waals surface area contributed by atoms with E-state index in [-0.39, 0.29) is 0 Å². The van der Waals surface area contributed by atoms with E-state index in [0.717, 1.165) is 11.5 Å². The second-order valence-electron chi connectivity index (χ2n) is 5.15. The van der Waals surface area contributed by atoms with E-state index >= 15 is 0 Å². The van der Waals surface area contributed by atoms with Crippen LogP contribution in [0, 0.1) is 0 Å². The van der Waals surface area contributed by atoms with E-state index in [4.69, 9.17) is 15.7 Å². The predicted molar refractivity (Wildman–Crippen MR) is 104 cm³/mol. The van der Waals surface area contributed by atoms with Crippen LogP contribution in [0.5, 0.6) is 0 Å². The lowest BCUT2D eigenvalue weighted by Crippen LogP contribution is -1.90. The van der Waals surface area contributed by atoms with Gasteiger partial charge in [-0.15, -0.1) is 0 Å². The zero-order valence-electron chi connectivity index (χ0n) is 12.8. The Morgan fingerprint density at radius 1 is 0.545 bits per heavy atom. The van der Waals surface area contributed by atoms with Crippen molar-refractivity contribution in [3.8, 4) is 0 Å². The van der Waals surface area contributed by atoms with Crippen molar-refractivity contribution >= 4 is 39.2 Å². The van der Waals surface area contributed by atoms with Gasteiger partial charge < -0.3 is 0 Å². The van der Waals surface area contributed by atoms with E-state index in [1.807, 2.05) is 23.5 Å². The summed E-state index contributed by atoms with van der Waals surface area (Å²) in [7, 11) is 11.2. The maximum Gasteiger partial charge on any atom is 0.0716 e. The number of hydrogen-bond acceptors (Lipinski definition) is 2. The second kappa shape index (κ2) is 10.1. The minimum absolute atomic E-state index is 0.621. The largest absolute Gasteiger partial charge is 0.156 e. The molecule has 2 aromatic carbocycles. The first kappa shape index (κ1) is 17.6. The van der Waals surface area contributed by atoms with Gasteiger partial charge in [0, 0.05) is 23.0 Å². The highest BCUT2D eigenvalue weighted by molar-refractivity contribution is 8.02. The van der Waals surface area contributed by atoms with Crippen LogP contribution in [0.2, 0.25) is 0 Å². The minimum Gasteiger partial charge on any atom is -0.156 e. The summed E-state index contributed by atoms with van der Waals surface area (Å²) >= 11 is 3.98. The molecule has 0 heterocycles. The number of thioether (sulfide) groups is 2. The Morgan fingerprint density at radius 2 is 0.864 bits per heavy atom. The maximum atomic E-state index is 5.60. The molecular formula is C18H20B2S2. The molecule has 0 spiro atoms. The highest BCUT2D eigenvalue weighted by Crippen LogP contribution is 2.18. The SMILES string of the molecule is [B]Cc1ccc(CSCCSCc2ccc(C[B])cc2)cc1. The fourth-order valence-corrected chi connectivity index (χ4v) is 4.13. The Labute approximate surface area is 145 Å². The van der Waals surface area contributed by atoms with Gasteiger partial charge in [-0.05, 0) is 11.1 Å². The van der Waals surface area contributed by atoms with Gasteiger partial charge >= 0.3 is 0 Å². The van der Waals surface area contributed by atoms with Crippen LogP contribution in [-0.4, -0.2) is 27.2 Å². The lowest BCUT2D eigenvalue weighted by molar-refractivity contribution is 1.32. The molecule has 0 aliphatic heterocycles. The Morgan fingerprint density at radius 3 is 1.18 bits per heavy atom. The van der Waals surface area contributed by atoms with Gasteiger partial charge in [0.2, 0.25) is 0 Å². The first-order valence-corrected chi connectivity index (χ1v) is 9.84. The zero-order valence-corrected chi connectivity index (χ0v) is 14.5. The summed E-state index contributed by atoms with van der Waals surface area (Å²) in [5.41, 5.74) is 5.16. The lowest BCUT2D eigenvalue weighted by atomic mass is 9.96. The first-order chi connectivity index (χ1) is 10.8. The molecule has 0 atom stereocenters. The van der Waals surface area contributed by atoms with Gasteiger partial charge in [-0.1, -0.05) is 72.3 Å². The summed E-state index contributed by atoms with van der Waals surface area (Å²) in [6, 6.07) is 17.2. The zero-order chi connectivity index (χ0) is 15.6. The summed E-state index contributed by atoms with van der Waals surface area (Å²) in [5, 5.41) is 0. The van der Waals surface area contributed by atoms with E-state index < -0.39 is 0 Å². The van der Waals surface area contributed by atoms with Crippen molar-refractivity contribution in [2.75, 3.05) is 11.5 Å². The van der Waals surface area contributed by atoms with Crippen molar-refractivity contribution in [3.05, 3.63) is 70.8 Å². The fraction of sp³-hybridized carbons (Fsp3) is 0.333. The molecule has 0 N–H and O–H groups in total. The lowest BCUT2D eigenvalue weighted by Gasteiger charge is -2.05. The van der Waals surface area contributed by atoms with Gasteiger partial charge in [-0.3, -0.25) is 0 Å². The minimum atomic E-state index is 0.621. The molecule has 0 amide bonds. The third kappa shape index (κ3) is 6.18. The standard InChI is InChI=1S/C18H20B2S2/c19-11-15-1-5-17(6-2-15)13-21-9-10-22-14-18-7-3-16(12-20)4-8-18/h1-8H,9-14H2. The van der Waals surface area contributed by atoms with Crippen molar-refractivity contribution in [2.24, 2.45) is 0 Å². The Kier molecular flexibility index (Phi) is 8.11. The molecule has 0 fully saturated rings. The molecule has 110 valence electrons. The van der Waals surface area contributed by atoms with Crippen LogP contribution in [0.3, 0.4) is 0 Å². The molecule has 0 aromatic heterocycles. The summed E-state index contributed by atoms with van der Waals surface area (Å²) in [5.74, 6) is 4.53. The van der Waals surface area contributed by atoms with E-state index in [1.165, 1.54) is 33.8 Å². The molecule has 0 saturated heterocycles. The Balaban J connectivity index is 1.58. The van der Waals surface area contributed by atoms with Gasteiger partial charge in [-0.2, -0.15) is 23.5 Å². The predicted octanol–water partition coefficient (Wildman–Crippen LogP) is 4.19. The highest BCUT2D eigenvalue weighted by atomic mass is 32.2. The average Bonchev–Trinajstić information content (AvgIpc) is 2.59. The van der Waals surface area contributed by atoms with Crippen LogP contribution in [0.4, 0.5) is 0 Å². The third-order valence-electron chi connectivity index (χ3n) is 3.43. The average molecular weight is 322 g/mol. The van der Waals surface area contributed by atoms with Crippen molar-refractivity contribution in [2.45, 2.75) is 24.1 Å². The molecule has 0 unspecified atom stereocenters. The van der Waals surface area contributed by atoms with Crippen molar-refractivity contribution in [1.29, 1.82) is 0 Å². The summed E-state index contributed by atoms with van der Waals surface area (Å²) in [4.78, 5) is 0. The van der Waals surface area contributed by atoms with E-state index in [0.29, 0.717) is 12.6 Å². The number of benzene rings is 2. The second-order valence-corrected chi connectivity index (χ2v) is 7.36. The summed E-state index contributed by atoms with van der Waals surface area (Å²) < 4.78 is 0. The third-order valence-corrected chi connectivity index (χ3v) is 5.75. The van der Waals surface area contributed by atoms with E-state index in [9.17, 15) is 0 Å². The van der Waals surface area contributed by atoms with Gasteiger partial charge in [-0.25, -0.2) is 0 Å². The smallest absolute Gasteiger partial charge is 0.0716 e. The number of rotatable bonds is 9. The highest BCUT2D eigenvalue weighted by Gasteiger charge is 1.97. The molecule has 22 heavy (non-hydrogen) atoms. The van der Waals surface area contributed by atoms with Crippen LogP contribution < -0.4 is 0 Å². The van der Waals surface area contributed by atoms with Crippen LogP contribution in [0.15, 0.2) is 48.5 Å². The molecule has 2 rings (SSSR count). The van der Waals surface area contributed by atoms with Crippen LogP contribution >= 0.6 is 23.5 Å². The van der Waals surface area contributed by atoms with Crippen LogP contribution in [0.1, 0.15) is 22.3 Å². The molecule has 4 radical (unpaired) electrons. The summed E-state index contributed by atoms with van der Waals surface area (Å²) in [6.45, 7) is 0. The number of hydrogen-bond donors (Lipinski definition) is 0. The molecule has 2 aromatic rings.